The molecular weight excluding hydrogens is 280 g/mol. The number of nitrogens with zero attached hydrogens (tertiary/aromatic N) is 2. The summed E-state index contributed by atoms with van der Waals surface area (Å²) in [7, 11) is 1.64. The molecule has 6 nitrogen and oxygen atoms in total. The maximum atomic E-state index is 11.9. The van der Waals surface area contributed by atoms with Gasteiger partial charge in [0.25, 0.3) is 5.91 Å². The van der Waals surface area contributed by atoms with E-state index in [1.165, 1.54) is 6.33 Å². The molecule has 0 saturated heterocycles. The topological polar surface area (TPSA) is 76.1 Å². The van der Waals surface area contributed by atoms with Gasteiger partial charge in [0.15, 0.2) is 0 Å². The molecule has 0 fully saturated rings. The van der Waals surface area contributed by atoms with Crippen molar-refractivity contribution >= 4 is 11.7 Å². The molecule has 22 heavy (non-hydrogen) atoms. The molecule has 0 atom stereocenters. The number of hydrogen-bond donors (Lipinski definition) is 2. The molecule has 6 heteroatoms. The van der Waals surface area contributed by atoms with Crippen LogP contribution in [0.25, 0.3) is 0 Å². The summed E-state index contributed by atoms with van der Waals surface area (Å²) in [5.74, 6) is 1.25. The summed E-state index contributed by atoms with van der Waals surface area (Å²) in [6.45, 7) is 3.25. The summed E-state index contributed by atoms with van der Waals surface area (Å²) in [6.07, 6.45) is 2.27. The third kappa shape index (κ3) is 4.44. The predicted molar refractivity (Wildman–Crippen MR) is 85.0 cm³/mol. The monoisotopic (exact) mass is 300 g/mol. The lowest BCUT2D eigenvalue weighted by Gasteiger charge is -2.08. The Labute approximate surface area is 129 Å². The number of nitrogens with one attached hydrogen (secondary N) is 2. The third-order valence-electron chi connectivity index (χ3n) is 3.07. The van der Waals surface area contributed by atoms with Crippen LogP contribution in [0.1, 0.15) is 29.4 Å². The molecule has 2 N–H and O–H groups in total. The van der Waals surface area contributed by atoms with Crippen molar-refractivity contribution in [2.45, 2.75) is 19.9 Å². The number of carbonyl (C=O) groups is 1. The Morgan fingerprint density at radius 1 is 1.23 bits per heavy atom. The van der Waals surface area contributed by atoms with Gasteiger partial charge in [-0.25, -0.2) is 9.97 Å². The SMILES string of the molecule is CCCNC(=O)c1cc(NCc2ccc(OC)cc2)ncn1. The van der Waals surface area contributed by atoms with E-state index in [4.69, 9.17) is 4.74 Å². The van der Waals surface area contributed by atoms with E-state index in [-0.39, 0.29) is 5.91 Å². The highest BCUT2D eigenvalue weighted by Gasteiger charge is 2.07. The summed E-state index contributed by atoms with van der Waals surface area (Å²) in [5, 5.41) is 5.97. The Morgan fingerprint density at radius 3 is 2.68 bits per heavy atom. The van der Waals surface area contributed by atoms with Gasteiger partial charge in [-0.15, -0.1) is 0 Å². The second kappa shape index (κ2) is 7.97. The van der Waals surface area contributed by atoms with Crippen LogP contribution in [0, 0.1) is 0 Å². The normalized spacial score (nSPS) is 10.1. The first-order chi connectivity index (χ1) is 10.7. The van der Waals surface area contributed by atoms with Crippen LogP contribution in [0.2, 0.25) is 0 Å². The largest absolute Gasteiger partial charge is 0.497 e. The molecule has 0 aliphatic carbocycles. The Bertz CT molecular complexity index is 614. The molecule has 0 bridgehead atoms. The molecule has 0 aliphatic rings. The van der Waals surface area contributed by atoms with E-state index < -0.39 is 0 Å². The minimum absolute atomic E-state index is 0.184. The fraction of sp³-hybridized carbons (Fsp3) is 0.312. The summed E-state index contributed by atoms with van der Waals surface area (Å²) in [6, 6.07) is 9.40. The van der Waals surface area contributed by atoms with Gasteiger partial charge >= 0.3 is 0 Å². The molecule has 1 aromatic carbocycles. The summed E-state index contributed by atoms with van der Waals surface area (Å²) >= 11 is 0. The first-order valence-corrected chi connectivity index (χ1v) is 7.20. The highest BCUT2D eigenvalue weighted by molar-refractivity contribution is 5.92. The number of amides is 1. The third-order valence-corrected chi connectivity index (χ3v) is 3.07. The molecule has 116 valence electrons. The fourth-order valence-corrected chi connectivity index (χ4v) is 1.84. The lowest BCUT2D eigenvalue weighted by molar-refractivity contribution is 0.0948. The zero-order valence-corrected chi connectivity index (χ0v) is 12.8. The van der Waals surface area contributed by atoms with Crippen molar-refractivity contribution in [3.63, 3.8) is 0 Å². The zero-order chi connectivity index (χ0) is 15.8. The average Bonchev–Trinajstić information content (AvgIpc) is 2.58. The highest BCUT2D eigenvalue weighted by atomic mass is 16.5. The summed E-state index contributed by atoms with van der Waals surface area (Å²) < 4.78 is 5.12. The molecule has 0 spiro atoms. The molecule has 2 aromatic rings. The molecule has 1 aromatic heterocycles. The van der Waals surface area contributed by atoms with E-state index in [1.807, 2.05) is 31.2 Å². The molecule has 0 aliphatic heterocycles. The van der Waals surface area contributed by atoms with Gasteiger partial charge in [0.05, 0.1) is 7.11 Å². The van der Waals surface area contributed by atoms with Gasteiger partial charge in [0.2, 0.25) is 0 Å². The predicted octanol–water partition coefficient (Wildman–Crippen LogP) is 2.24. The Hall–Kier alpha value is -2.63. The van der Waals surface area contributed by atoms with Crippen LogP contribution in [0.3, 0.4) is 0 Å². The van der Waals surface area contributed by atoms with Crippen molar-refractivity contribution < 1.29 is 9.53 Å². The molecule has 0 saturated carbocycles. The van der Waals surface area contributed by atoms with Crippen molar-refractivity contribution in [1.29, 1.82) is 0 Å². The van der Waals surface area contributed by atoms with Crippen LogP contribution < -0.4 is 15.4 Å². The van der Waals surface area contributed by atoms with Crippen molar-refractivity contribution in [2.75, 3.05) is 19.0 Å². The Morgan fingerprint density at radius 2 is 2.00 bits per heavy atom. The van der Waals surface area contributed by atoms with E-state index in [0.29, 0.717) is 24.6 Å². The highest BCUT2D eigenvalue weighted by Crippen LogP contribution is 2.12. The lowest BCUT2D eigenvalue weighted by atomic mass is 10.2. The van der Waals surface area contributed by atoms with E-state index in [9.17, 15) is 4.79 Å². The van der Waals surface area contributed by atoms with E-state index in [1.54, 1.807) is 13.2 Å². The van der Waals surface area contributed by atoms with Crippen LogP contribution >= 0.6 is 0 Å². The van der Waals surface area contributed by atoms with Crippen molar-refractivity contribution in [2.24, 2.45) is 0 Å². The molecule has 1 heterocycles. The number of benzene rings is 1. The molecular formula is C16H20N4O2. The van der Waals surface area contributed by atoms with Gasteiger partial charge in [0, 0.05) is 19.2 Å². The summed E-state index contributed by atoms with van der Waals surface area (Å²) in [4.78, 5) is 20.0. The fourth-order valence-electron chi connectivity index (χ4n) is 1.84. The lowest BCUT2D eigenvalue weighted by Crippen LogP contribution is -2.25. The number of anilines is 1. The maximum Gasteiger partial charge on any atom is 0.270 e. The Balaban J connectivity index is 1.96. The quantitative estimate of drug-likeness (QED) is 0.820. The first kappa shape index (κ1) is 15.8. The number of carbonyl (C=O) groups excluding carboxylic acids is 1. The smallest absolute Gasteiger partial charge is 0.270 e. The van der Waals surface area contributed by atoms with E-state index >= 15 is 0 Å². The van der Waals surface area contributed by atoms with Gasteiger partial charge in [-0.2, -0.15) is 0 Å². The molecule has 2 rings (SSSR count). The van der Waals surface area contributed by atoms with Crippen LogP contribution in [0.4, 0.5) is 5.82 Å². The van der Waals surface area contributed by atoms with Crippen molar-refractivity contribution in [3.8, 4) is 5.75 Å². The molecule has 1 amide bonds. The number of hydrogen-bond acceptors (Lipinski definition) is 5. The Kier molecular flexibility index (Phi) is 5.71. The van der Waals surface area contributed by atoms with Gasteiger partial charge < -0.3 is 15.4 Å². The van der Waals surface area contributed by atoms with Gasteiger partial charge in [-0.1, -0.05) is 19.1 Å². The van der Waals surface area contributed by atoms with Crippen LogP contribution in [-0.4, -0.2) is 29.5 Å². The second-order valence-corrected chi connectivity index (χ2v) is 4.75. The first-order valence-electron chi connectivity index (χ1n) is 7.20. The van der Waals surface area contributed by atoms with Gasteiger partial charge in [0.1, 0.15) is 23.6 Å². The van der Waals surface area contributed by atoms with Crippen LogP contribution in [0.15, 0.2) is 36.7 Å². The van der Waals surface area contributed by atoms with E-state index in [2.05, 4.69) is 20.6 Å². The maximum absolute atomic E-state index is 11.9. The molecule has 0 radical (unpaired) electrons. The number of ether oxygens (including phenoxy) is 1. The molecule has 0 unspecified atom stereocenters. The summed E-state index contributed by atoms with van der Waals surface area (Å²) in [5.41, 5.74) is 1.46. The minimum Gasteiger partial charge on any atom is -0.497 e. The number of rotatable bonds is 7. The number of methoxy groups -OCH3 is 1. The van der Waals surface area contributed by atoms with Crippen molar-refractivity contribution in [3.05, 3.63) is 47.9 Å². The van der Waals surface area contributed by atoms with Crippen LogP contribution in [-0.2, 0) is 6.54 Å². The zero-order valence-electron chi connectivity index (χ0n) is 12.8. The van der Waals surface area contributed by atoms with Crippen molar-refractivity contribution in [1.82, 2.24) is 15.3 Å². The standard InChI is InChI=1S/C16H20N4O2/c1-3-8-17-16(21)14-9-15(20-11-19-14)18-10-12-4-6-13(22-2)7-5-12/h4-7,9,11H,3,8,10H2,1-2H3,(H,17,21)(H,18,19,20). The van der Waals surface area contributed by atoms with Gasteiger partial charge in [-0.05, 0) is 24.1 Å². The second-order valence-electron chi connectivity index (χ2n) is 4.75. The van der Waals surface area contributed by atoms with Gasteiger partial charge in [-0.3, -0.25) is 4.79 Å². The average molecular weight is 300 g/mol. The minimum atomic E-state index is -0.184. The van der Waals surface area contributed by atoms with E-state index in [0.717, 1.165) is 17.7 Å². The number of aromatic nitrogens is 2. The van der Waals surface area contributed by atoms with Crippen LogP contribution in [0.5, 0.6) is 5.75 Å².